The third-order valence-corrected chi connectivity index (χ3v) is 4.92. The highest BCUT2D eigenvalue weighted by Gasteiger charge is 2.32. The second-order valence-electron chi connectivity index (χ2n) is 7.97. The van der Waals surface area contributed by atoms with Crippen molar-refractivity contribution in [3.05, 3.63) is 29.3 Å². The number of piperidine rings is 1. The first-order valence-corrected chi connectivity index (χ1v) is 10.4. The highest BCUT2D eigenvalue weighted by molar-refractivity contribution is 5.83. The first-order chi connectivity index (χ1) is 14.9. The number of nitrogens with one attached hydrogen (secondary N) is 1. The number of aliphatic hydroxyl groups is 2. The minimum absolute atomic E-state index is 0.334. The van der Waals surface area contributed by atoms with Gasteiger partial charge in [0.05, 0.1) is 6.61 Å². The second-order valence-corrected chi connectivity index (χ2v) is 7.97. The van der Waals surface area contributed by atoms with Gasteiger partial charge in [-0.15, -0.1) is 0 Å². The molecule has 32 heavy (non-hydrogen) atoms. The molecule has 2 rings (SSSR count). The number of hydrogen-bond acceptors (Lipinski definition) is 8. The fourth-order valence-electron chi connectivity index (χ4n) is 3.01. The third-order valence-electron chi connectivity index (χ3n) is 4.92. The van der Waals surface area contributed by atoms with Crippen LogP contribution in [0.2, 0.25) is 0 Å². The summed E-state index contributed by atoms with van der Waals surface area (Å²) in [7, 11) is 0. The van der Waals surface area contributed by atoms with Gasteiger partial charge in [-0.2, -0.15) is 0 Å². The van der Waals surface area contributed by atoms with Crippen molar-refractivity contribution in [3.63, 3.8) is 0 Å². The number of carbonyl (C=O) groups is 3. The number of aliphatic carboxylic acids is 2. The van der Waals surface area contributed by atoms with Crippen LogP contribution in [0.4, 0.5) is 0 Å². The van der Waals surface area contributed by atoms with Gasteiger partial charge in [-0.1, -0.05) is 12.1 Å². The maximum Gasteiger partial charge on any atom is 0.349 e. The summed E-state index contributed by atoms with van der Waals surface area (Å²) in [5, 5.41) is 36.0. The Hall–Kier alpha value is -2.69. The molecule has 1 aromatic carbocycles. The van der Waals surface area contributed by atoms with Crippen LogP contribution in [0, 0.1) is 6.92 Å². The summed E-state index contributed by atoms with van der Waals surface area (Å²) in [6.45, 7) is 9.76. The molecule has 1 aliphatic rings. The van der Waals surface area contributed by atoms with Crippen LogP contribution < -0.4 is 10.1 Å². The van der Waals surface area contributed by atoms with E-state index in [1.807, 2.05) is 6.92 Å². The first-order valence-electron chi connectivity index (χ1n) is 10.4. The SMILES string of the molecule is CCOC(=O)C(C)(C)Oc1cc(C2CCCNC2)ccc1C.O=C(O)[C@@H](O)[C@H](O)C(=O)O. The fourth-order valence-corrected chi connectivity index (χ4v) is 3.01. The van der Waals surface area contributed by atoms with Crippen molar-refractivity contribution in [1.29, 1.82) is 0 Å². The smallest absolute Gasteiger partial charge is 0.349 e. The molecule has 1 heterocycles. The molecule has 10 heteroatoms. The minimum Gasteiger partial charge on any atom is -0.479 e. The van der Waals surface area contributed by atoms with Crippen molar-refractivity contribution in [2.75, 3.05) is 19.7 Å². The lowest BCUT2D eigenvalue weighted by Gasteiger charge is -2.27. The monoisotopic (exact) mass is 455 g/mol. The number of hydrogen-bond donors (Lipinski definition) is 5. The minimum atomic E-state index is -2.27. The van der Waals surface area contributed by atoms with Crippen LogP contribution in [-0.2, 0) is 19.1 Å². The molecule has 0 spiro atoms. The Labute approximate surface area is 187 Å². The van der Waals surface area contributed by atoms with E-state index >= 15 is 0 Å². The van der Waals surface area contributed by atoms with Gasteiger partial charge in [0.2, 0.25) is 0 Å². The van der Waals surface area contributed by atoms with Crippen molar-refractivity contribution >= 4 is 17.9 Å². The molecule has 0 aliphatic carbocycles. The Kier molecular flexibility index (Phi) is 10.6. The molecule has 1 fully saturated rings. The summed E-state index contributed by atoms with van der Waals surface area (Å²) in [6, 6.07) is 6.31. The van der Waals surface area contributed by atoms with E-state index in [-0.39, 0.29) is 5.97 Å². The number of carbonyl (C=O) groups excluding carboxylic acids is 1. The van der Waals surface area contributed by atoms with Gasteiger partial charge in [-0.3, -0.25) is 0 Å². The van der Waals surface area contributed by atoms with Gasteiger partial charge in [0.25, 0.3) is 0 Å². The van der Waals surface area contributed by atoms with Gasteiger partial charge in [0, 0.05) is 6.54 Å². The fraction of sp³-hybridized carbons (Fsp3) is 0.591. The molecule has 3 atom stereocenters. The summed E-state index contributed by atoms with van der Waals surface area (Å²) in [6.07, 6.45) is -2.14. The van der Waals surface area contributed by atoms with Crippen LogP contribution >= 0.6 is 0 Å². The number of carboxylic acid groups (broad SMARTS) is 2. The predicted molar refractivity (Wildman–Crippen MR) is 115 cm³/mol. The quantitative estimate of drug-likeness (QED) is 0.358. The van der Waals surface area contributed by atoms with Crippen LogP contribution in [0.15, 0.2) is 18.2 Å². The van der Waals surface area contributed by atoms with E-state index in [9.17, 15) is 14.4 Å². The molecule has 1 aromatic rings. The van der Waals surface area contributed by atoms with Crippen molar-refractivity contribution in [2.45, 2.75) is 64.3 Å². The van der Waals surface area contributed by atoms with Crippen LogP contribution in [0.1, 0.15) is 50.7 Å². The number of rotatable bonds is 8. The lowest BCUT2D eigenvalue weighted by Crippen LogP contribution is -2.40. The molecule has 0 bridgehead atoms. The van der Waals surface area contributed by atoms with E-state index < -0.39 is 29.7 Å². The van der Waals surface area contributed by atoms with Crippen molar-refractivity contribution in [2.24, 2.45) is 0 Å². The lowest BCUT2D eigenvalue weighted by molar-refractivity contribution is -0.165. The summed E-state index contributed by atoms with van der Waals surface area (Å²) >= 11 is 0. The molecule has 0 amide bonds. The van der Waals surface area contributed by atoms with Crippen LogP contribution in [0.25, 0.3) is 0 Å². The number of benzene rings is 1. The number of esters is 1. The average molecular weight is 456 g/mol. The Morgan fingerprint density at radius 1 is 1.16 bits per heavy atom. The topological polar surface area (TPSA) is 163 Å². The number of aryl methyl sites for hydroxylation is 1. The summed E-state index contributed by atoms with van der Waals surface area (Å²) in [5.41, 5.74) is 1.32. The average Bonchev–Trinajstić information content (AvgIpc) is 2.75. The highest BCUT2D eigenvalue weighted by Crippen LogP contribution is 2.30. The molecule has 10 nitrogen and oxygen atoms in total. The van der Waals surface area contributed by atoms with Crippen LogP contribution in [0.3, 0.4) is 0 Å². The standard InChI is InChI=1S/C18H27NO3.C4H6O6/c1-5-21-17(20)18(3,4)22-16-11-14(9-8-13(16)2)15-7-6-10-19-12-15;5-1(3(7)8)2(6)4(9)10/h8-9,11,15,19H,5-7,10,12H2,1-4H3;1-2,5-6H,(H,7,8)(H,9,10)/t;1-,2-/m.0/s1. The molecule has 1 unspecified atom stereocenters. The Bertz CT molecular complexity index is 770. The van der Waals surface area contributed by atoms with Crippen LogP contribution in [-0.4, -0.2) is 75.8 Å². The van der Waals surface area contributed by atoms with E-state index in [0.717, 1.165) is 24.4 Å². The summed E-state index contributed by atoms with van der Waals surface area (Å²) < 4.78 is 11.1. The van der Waals surface area contributed by atoms with E-state index in [1.165, 1.54) is 18.4 Å². The molecule has 0 saturated carbocycles. The normalized spacial score (nSPS) is 17.9. The van der Waals surface area contributed by atoms with Gasteiger partial charge in [-0.05, 0) is 70.2 Å². The zero-order valence-corrected chi connectivity index (χ0v) is 18.8. The zero-order chi connectivity index (χ0) is 24.5. The second kappa shape index (κ2) is 12.4. The molecule has 1 saturated heterocycles. The largest absolute Gasteiger partial charge is 0.479 e. The Balaban J connectivity index is 0.000000433. The van der Waals surface area contributed by atoms with Gasteiger partial charge in [0.1, 0.15) is 5.75 Å². The zero-order valence-electron chi connectivity index (χ0n) is 18.8. The number of aliphatic hydroxyl groups excluding tert-OH is 2. The summed E-state index contributed by atoms with van der Waals surface area (Å²) in [4.78, 5) is 31.6. The van der Waals surface area contributed by atoms with E-state index in [1.54, 1.807) is 20.8 Å². The molecule has 0 aromatic heterocycles. The maximum atomic E-state index is 12.0. The lowest BCUT2D eigenvalue weighted by atomic mass is 9.91. The first kappa shape index (κ1) is 27.3. The molecule has 180 valence electrons. The number of ether oxygens (including phenoxy) is 2. The van der Waals surface area contributed by atoms with Gasteiger partial charge >= 0.3 is 17.9 Å². The molecule has 1 aliphatic heterocycles. The van der Waals surface area contributed by atoms with Crippen molar-refractivity contribution in [1.82, 2.24) is 5.32 Å². The Morgan fingerprint density at radius 3 is 2.22 bits per heavy atom. The molecule has 5 N–H and O–H groups in total. The van der Waals surface area contributed by atoms with E-state index in [2.05, 4.69) is 23.5 Å². The van der Waals surface area contributed by atoms with Gasteiger partial charge in [0.15, 0.2) is 17.8 Å². The highest BCUT2D eigenvalue weighted by atomic mass is 16.6. The number of carboxylic acids is 2. The van der Waals surface area contributed by atoms with E-state index in [4.69, 9.17) is 29.9 Å². The van der Waals surface area contributed by atoms with Crippen LogP contribution in [0.5, 0.6) is 5.75 Å². The maximum absolute atomic E-state index is 12.0. The van der Waals surface area contributed by atoms with Gasteiger partial charge < -0.3 is 35.2 Å². The molecule has 0 radical (unpaired) electrons. The van der Waals surface area contributed by atoms with Crippen molar-refractivity contribution in [3.8, 4) is 5.75 Å². The Morgan fingerprint density at radius 2 is 1.75 bits per heavy atom. The van der Waals surface area contributed by atoms with Gasteiger partial charge in [-0.25, -0.2) is 14.4 Å². The third kappa shape index (κ3) is 8.10. The summed E-state index contributed by atoms with van der Waals surface area (Å²) in [5.74, 6) is -2.59. The van der Waals surface area contributed by atoms with Crippen molar-refractivity contribution < 1.29 is 44.3 Å². The predicted octanol–water partition coefficient (Wildman–Crippen LogP) is 1.06. The molecular weight excluding hydrogens is 422 g/mol. The van der Waals surface area contributed by atoms with E-state index in [0.29, 0.717) is 12.5 Å². The molecular formula is C22H33NO9.